The van der Waals surface area contributed by atoms with Gasteiger partial charge in [0.05, 0.1) is 6.61 Å². The van der Waals surface area contributed by atoms with Crippen molar-refractivity contribution in [2.24, 2.45) is 0 Å². The van der Waals surface area contributed by atoms with Crippen molar-refractivity contribution in [2.75, 3.05) is 6.61 Å². The van der Waals surface area contributed by atoms with Gasteiger partial charge in [0, 0.05) is 11.6 Å². The minimum absolute atomic E-state index is 0.00778. The molecule has 5 nitrogen and oxygen atoms in total. The fourth-order valence-electron chi connectivity index (χ4n) is 2.06. The normalized spacial score (nSPS) is 11.0. The van der Waals surface area contributed by atoms with Crippen LogP contribution in [0, 0.1) is 0 Å². The second-order valence-corrected chi connectivity index (χ2v) is 4.02. The standard InChI is InChI=1S/C14H11NO4/c1-2-18-12-9(14(16)17)7-15-11-8-5-3-4-6-10(8)19-13(11)12/h3-7H,2H2,1H3,(H,16,17). The third-order valence-corrected chi connectivity index (χ3v) is 2.86. The van der Waals surface area contributed by atoms with Gasteiger partial charge in [-0.15, -0.1) is 0 Å². The first kappa shape index (κ1) is 11.5. The van der Waals surface area contributed by atoms with E-state index in [0.717, 1.165) is 5.39 Å². The van der Waals surface area contributed by atoms with Crippen LogP contribution in [0.1, 0.15) is 17.3 Å². The van der Waals surface area contributed by atoms with Crippen molar-refractivity contribution in [3.05, 3.63) is 36.0 Å². The van der Waals surface area contributed by atoms with E-state index in [2.05, 4.69) is 4.98 Å². The molecule has 0 atom stereocenters. The minimum atomic E-state index is -1.08. The van der Waals surface area contributed by atoms with Gasteiger partial charge in [0.1, 0.15) is 16.7 Å². The molecule has 0 radical (unpaired) electrons. The third-order valence-electron chi connectivity index (χ3n) is 2.86. The maximum Gasteiger partial charge on any atom is 0.341 e. The van der Waals surface area contributed by atoms with Gasteiger partial charge < -0.3 is 14.3 Å². The number of hydrogen-bond acceptors (Lipinski definition) is 4. The van der Waals surface area contributed by atoms with Crippen LogP contribution in [-0.4, -0.2) is 22.7 Å². The van der Waals surface area contributed by atoms with E-state index >= 15 is 0 Å². The fraction of sp³-hybridized carbons (Fsp3) is 0.143. The molecule has 96 valence electrons. The van der Waals surface area contributed by atoms with Gasteiger partial charge in [0.15, 0.2) is 11.3 Å². The lowest BCUT2D eigenvalue weighted by Crippen LogP contribution is -2.03. The van der Waals surface area contributed by atoms with Crippen molar-refractivity contribution in [1.29, 1.82) is 0 Å². The predicted molar refractivity (Wildman–Crippen MR) is 69.6 cm³/mol. The Morgan fingerprint density at radius 1 is 1.42 bits per heavy atom. The molecule has 0 bridgehead atoms. The number of para-hydroxylation sites is 1. The summed E-state index contributed by atoms with van der Waals surface area (Å²) in [6, 6.07) is 7.42. The Labute approximate surface area is 108 Å². The van der Waals surface area contributed by atoms with Crippen LogP contribution in [0.2, 0.25) is 0 Å². The summed E-state index contributed by atoms with van der Waals surface area (Å²) in [5, 5.41) is 10.0. The van der Waals surface area contributed by atoms with Gasteiger partial charge in [-0.3, -0.25) is 4.98 Å². The molecule has 0 fully saturated rings. The summed E-state index contributed by atoms with van der Waals surface area (Å²) in [6.07, 6.45) is 1.30. The van der Waals surface area contributed by atoms with Crippen LogP contribution in [0.15, 0.2) is 34.9 Å². The van der Waals surface area contributed by atoms with Crippen LogP contribution < -0.4 is 4.74 Å². The van der Waals surface area contributed by atoms with E-state index in [9.17, 15) is 4.79 Å². The Hall–Kier alpha value is -2.56. The summed E-state index contributed by atoms with van der Waals surface area (Å²) in [7, 11) is 0. The molecule has 3 rings (SSSR count). The molecule has 5 heteroatoms. The lowest BCUT2D eigenvalue weighted by Gasteiger charge is -2.06. The zero-order valence-corrected chi connectivity index (χ0v) is 10.2. The van der Waals surface area contributed by atoms with Crippen LogP contribution >= 0.6 is 0 Å². The van der Waals surface area contributed by atoms with Gasteiger partial charge in [-0.25, -0.2) is 4.79 Å². The molecule has 2 heterocycles. The monoisotopic (exact) mass is 257 g/mol. The molecule has 0 amide bonds. The fourth-order valence-corrected chi connectivity index (χ4v) is 2.06. The number of carboxylic acids is 1. The SMILES string of the molecule is CCOc1c(C(=O)O)cnc2c1oc1ccccc12. The van der Waals surface area contributed by atoms with E-state index < -0.39 is 5.97 Å². The molecule has 0 saturated heterocycles. The number of carboxylic acid groups (broad SMARTS) is 1. The number of carbonyl (C=O) groups is 1. The van der Waals surface area contributed by atoms with Crippen molar-refractivity contribution in [1.82, 2.24) is 4.98 Å². The summed E-state index contributed by atoms with van der Waals surface area (Å²) in [4.78, 5) is 15.4. The van der Waals surface area contributed by atoms with E-state index in [1.807, 2.05) is 24.3 Å². The predicted octanol–water partition coefficient (Wildman–Crippen LogP) is 3.08. The van der Waals surface area contributed by atoms with Gasteiger partial charge in [0.2, 0.25) is 0 Å². The Kier molecular flexibility index (Phi) is 2.59. The minimum Gasteiger partial charge on any atom is -0.489 e. The molecule has 0 spiro atoms. The first-order valence-electron chi connectivity index (χ1n) is 5.88. The molecule has 19 heavy (non-hydrogen) atoms. The van der Waals surface area contributed by atoms with E-state index in [1.54, 1.807) is 6.92 Å². The Morgan fingerprint density at radius 2 is 2.21 bits per heavy atom. The van der Waals surface area contributed by atoms with Crippen LogP contribution in [0.4, 0.5) is 0 Å². The van der Waals surface area contributed by atoms with Gasteiger partial charge in [-0.1, -0.05) is 12.1 Å². The van der Waals surface area contributed by atoms with E-state index in [1.165, 1.54) is 6.20 Å². The average molecular weight is 257 g/mol. The second-order valence-electron chi connectivity index (χ2n) is 4.02. The van der Waals surface area contributed by atoms with Crippen LogP contribution in [0.3, 0.4) is 0 Å². The Morgan fingerprint density at radius 3 is 2.95 bits per heavy atom. The highest BCUT2D eigenvalue weighted by atomic mass is 16.5. The molecule has 0 aliphatic heterocycles. The lowest BCUT2D eigenvalue weighted by molar-refractivity contribution is 0.0692. The molecule has 3 aromatic rings. The van der Waals surface area contributed by atoms with E-state index in [0.29, 0.717) is 23.3 Å². The molecule has 0 unspecified atom stereocenters. The van der Waals surface area contributed by atoms with Crippen molar-refractivity contribution in [3.8, 4) is 5.75 Å². The first-order chi connectivity index (χ1) is 9.22. The summed E-state index contributed by atoms with van der Waals surface area (Å²) in [5.74, 6) is -0.852. The van der Waals surface area contributed by atoms with Crippen molar-refractivity contribution < 1.29 is 19.1 Å². The third kappa shape index (κ3) is 1.71. The topological polar surface area (TPSA) is 72.6 Å². The molecule has 0 aliphatic carbocycles. The number of benzene rings is 1. The van der Waals surface area contributed by atoms with E-state index in [-0.39, 0.29) is 11.3 Å². The van der Waals surface area contributed by atoms with Crippen molar-refractivity contribution in [3.63, 3.8) is 0 Å². The Balaban J connectivity index is 2.41. The van der Waals surface area contributed by atoms with Gasteiger partial charge in [-0.2, -0.15) is 0 Å². The highest BCUT2D eigenvalue weighted by molar-refractivity contribution is 6.07. The highest BCUT2D eigenvalue weighted by Gasteiger charge is 2.20. The second kappa shape index (κ2) is 4.28. The van der Waals surface area contributed by atoms with Crippen LogP contribution in [-0.2, 0) is 0 Å². The smallest absolute Gasteiger partial charge is 0.341 e. The molecule has 0 aliphatic rings. The largest absolute Gasteiger partial charge is 0.489 e. The number of aromatic carboxylic acids is 1. The number of ether oxygens (including phenoxy) is 1. The summed E-state index contributed by atoms with van der Waals surface area (Å²) in [5.41, 5.74) is 1.66. The number of fused-ring (bicyclic) bond motifs is 3. The average Bonchev–Trinajstić information content (AvgIpc) is 2.78. The maximum atomic E-state index is 11.2. The zero-order chi connectivity index (χ0) is 13.4. The van der Waals surface area contributed by atoms with Crippen molar-refractivity contribution >= 4 is 28.0 Å². The summed E-state index contributed by atoms with van der Waals surface area (Å²) < 4.78 is 11.1. The summed E-state index contributed by atoms with van der Waals surface area (Å²) in [6.45, 7) is 2.15. The van der Waals surface area contributed by atoms with Crippen molar-refractivity contribution in [2.45, 2.75) is 6.92 Å². The summed E-state index contributed by atoms with van der Waals surface area (Å²) >= 11 is 0. The number of hydrogen-bond donors (Lipinski definition) is 1. The zero-order valence-electron chi connectivity index (χ0n) is 10.2. The van der Waals surface area contributed by atoms with E-state index in [4.69, 9.17) is 14.3 Å². The number of aromatic nitrogens is 1. The van der Waals surface area contributed by atoms with Gasteiger partial charge >= 0.3 is 5.97 Å². The molecule has 1 N–H and O–H groups in total. The lowest BCUT2D eigenvalue weighted by atomic mass is 10.2. The quantitative estimate of drug-likeness (QED) is 0.780. The molecular weight excluding hydrogens is 246 g/mol. The molecule has 1 aromatic carbocycles. The number of nitrogens with zero attached hydrogens (tertiary/aromatic N) is 1. The number of pyridine rings is 1. The first-order valence-corrected chi connectivity index (χ1v) is 5.88. The molecular formula is C14H11NO4. The van der Waals surface area contributed by atoms with Gasteiger partial charge in [-0.05, 0) is 19.1 Å². The molecule has 0 saturated carbocycles. The van der Waals surface area contributed by atoms with Crippen LogP contribution in [0.25, 0.3) is 22.1 Å². The number of furan rings is 1. The highest BCUT2D eigenvalue weighted by Crippen LogP contribution is 2.35. The molecule has 2 aromatic heterocycles. The maximum absolute atomic E-state index is 11.2. The number of rotatable bonds is 3. The van der Waals surface area contributed by atoms with Gasteiger partial charge in [0.25, 0.3) is 0 Å². The van der Waals surface area contributed by atoms with Crippen LogP contribution in [0.5, 0.6) is 5.75 Å². The Bertz CT molecular complexity index is 776.